The molecule has 0 heterocycles. The van der Waals surface area contributed by atoms with E-state index in [9.17, 15) is 9.90 Å². The van der Waals surface area contributed by atoms with Gasteiger partial charge in [-0.15, -0.1) is 0 Å². The maximum absolute atomic E-state index is 11.7. The minimum absolute atomic E-state index is 0.102. The maximum Gasteiger partial charge on any atom is 0.328 e. The minimum Gasteiger partial charge on any atom is -0.507 e. The zero-order valence-electron chi connectivity index (χ0n) is 10.0. The zero-order chi connectivity index (χ0) is 13.2. The topological polar surface area (TPSA) is 72.5 Å². The molecule has 5 heteroatoms. The van der Waals surface area contributed by atoms with E-state index in [0.29, 0.717) is 10.0 Å². The molecule has 0 bridgehead atoms. The van der Waals surface area contributed by atoms with Gasteiger partial charge in [-0.05, 0) is 54.4 Å². The predicted octanol–water partition coefficient (Wildman–Crippen LogP) is 2.50. The molecule has 4 nitrogen and oxygen atoms in total. The number of carbonyl (C=O) groups is 1. The Labute approximate surface area is 109 Å². The highest BCUT2D eigenvalue weighted by atomic mass is 79.9. The highest BCUT2D eigenvalue weighted by molar-refractivity contribution is 9.10. The summed E-state index contributed by atoms with van der Waals surface area (Å²) >= 11 is 3.17. The van der Waals surface area contributed by atoms with Gasteiger partial charge in [0, 0.05) is 0 Å². The van der Waals surface area contributed by atoms with Crippen molar-refractivity contribution in [2.24, 2.45) is 5.73 Å². The molecule has 1 unspecified atom stereocenters. The smallest absolute Gasteiger partial charge is 0.328 e. The lowest BCUT2D eigenvalue weighted by molar-refractivity contribution is -0.156. The predicted molar refractivity (Wildman–Crippen MR) is 68.6 cm³/mol. The first-order valence-corrected chi connectivity index (χ1v) is 5.97. The Morgan fingerprint density at radius 1 is 1.47 bits per heavy atom. The van der Waals surface area contributed by atoms with E-state index >= 15 is 0 Å². The van der Waals surface area contributed by atoms with Gasteiger partial charge in [0.05, 0.1) is 4.47 Å². The van der Waals surface area contributed by atoms with Crippen LogP contribution in [0.1, 0.15) is 32.4 Å². The second kappa shape index (κ2) is 5.06. The van der Waals surface area contributed by atoms with E-state index in [4.69, 9.17) is 10.5 Å². The van der Waals surface area contributed by atoms with E-state index in [1.165, 1.54) is 6.07 Å². The Bertz CT molecular complexity index is 426. The fourth-order valence-corrected chi connectivity index (χ4v) is 1.61. The van der Waals surface area contributed by atoms with Gasteiger partial charge >= 0.3 is 5.97 Å². The van der Waals surface area contributed by atoms with Crippen molar-refractivity contribution in [1.82, 2.24) is 0 Å². The Balaban J connectivity index is 2.85. The molecule has 1 atom stereocenters. The molecule has 0 aliphatic carbocycles. The first-order chi connectivity index (χ1) is 7.70. The Morgan fingerprint density at radius 3 is 2.53 bits per heavy atom. The fraction of sp³-hybridized carbons (Fsp3) is 0.417. The van der Waals surface area contributed by atoms with Crippen molar-refractivity contribution in [2.75, 3.05) is 0 Å². The van der Waals surface area contributed by atoms with E-state index in [1.54, 1.807) is 32.9 Å². The number of carbonyl (C=O) groups excluding carboxylic acids is 1. The van der Waals surface area contributed by atoms with E-state index in [0.717, 1.165) is 0 Å². The second-order valence-corrected chi connectivity index (χ2v) is 5.58. The number of nitrogens with two attached hydrogens (primary N) is 1. The van der Waals surface area contributed by atoms with Crippen LogP contribution in [0.25, 0.3) is 0 Å². The lowest BCUT2D eigenvalue weighted by Crippen LogP contribution is -2.31. The summed E-state index contributed by atoms with van der Waals surface area (Å²) in [5.74, 6) is -0.389. The van der Waals surface area contributed by atoms with Gasteiger partial charge in [-0.3, -0.25) is 0 Å². The van der Waals surface area contributed by atoms with Crippen LogP contribution in [-0.2, 0) is 9.53 Å². The molecule has 94 valence electrons. The van der Waals surface area contributed by atoms with Crippen LogP contribution in [0.3, 0.4) is 0 Å². The zero-order valence-corrected chi connectivity index (χ0v) is 11.6. The van der Waals surface area contributed by atoms with Gasteiger partial charge in [-0.1, -0.05) is 6.07 Å². The van der Waals surface area contributed by atoms with Crippen LogP contribution >= 0.6 is 15.9 Å². The third kappa shape index (κ3) is 4.02. The van der Waals surface area contributed by atoms with Gasteiger partial charge in [0.25, 0.3) is 0 Å². The van der Waals surface area contributed by atoms with E-state index in [2.05, 4.69) is 15.9 Å². The molecular weight excluding hydrogens is 286 g/mol. The summed E-state index contributed by atoms with van der Waals surface area (Å²) in [5, 5.41) is 9.35. The molecular formula is C12H16BrNO3. The van der Waals surface area contributed by atoms with Crippen molar-refractivity contribution in [3.63, 3.8) is 0 Å². The molecule has 1 aromatic rings. The molecule has 0 radical (unpaired) electrons. The molecule has 0 fully saturated rings. The van der Waals surface area contributed by atoms with Crippen molar-refractivity contribution in [3.8, 4) is 5.75 Å². The van der Waals surface area contributed by atoms with Crippen LogP contribution in [0.15, 0.2) is 22.7 Å². The summed E-state index contributed by atoms with van der Waals surface area (Å²) in [5.41, 5.74) is 5.81. The van der Waals surface area contributed by atoms with Crippen molar-refractivity contribution in [3.05, 3.63) is 28.2 Å². The van der Waals surface area contributed by atoms with Gasteiger partial charge in [0.2, 0.25) is 0 Å². The van der Waals surface area contributed by atoms with Crippen LogP contribution in [0.5, 0.6) is 5.75 Å². The third-order valence-electron chi connectivity index (χ3n) is 1.99. The van der Waals surface area contributed by atoms with Crippen molar-refractivity contribution in [2.45, 2.75) is 32.4 Å². The normalized spacial score (nSPS) is 13.2. The van der Waals surface area contributed by atoms with Gasteiger partial charge in [0.1, 0.15) is 17.4 Å². The first-order valence-electron chi connectivity index (χ1n) is 5.17. The summed E-state index contributed by atoms with van der Waals surface area (Å²) in [7, 11) is 0. The van der Waals surface area contributed by atoms with Crippen LogP contribution in [0.2, 0.25) is 0 Å². The number of halogens is 1. The number of esters is 1. The number of rotatable bonds is 2. The highest BCUT2D eigenvalue weighted by Crippen LogP contribution is 2.27. The molecule has 0 aromatic heterocycles. The van der Waals surface area contributed by atoms with Gasteiger partial charge in [0.15, 0.2) is 0 Å². The van der Waals surface area contributed by atoms with E-state index in [-0.39, 0.29) is 5.75 Å². The number of aromatic hydroxyl groups is 1. The number of hydrogen-bond donors (Lipinski definition) is 2. The number of phenols is 1. The molecule has 0 aliphatic heterocycles. The summed E-state index contributed by atoms with van der Waals surface area (Å²) in [4.78, 5) is 11.7. The standard InChI is InChI=1S/C12H16BrNO3/c1-12(2,3)17-11(16)10(14)7-4-5-9(15)8(13)6-7/h4-6,10,15H,14H2,1-3H3. The molecule has 17 heavy (non-hydrogen) atoms. The van der Waals surface area contributed by atoms with Crippen molar-refractivity contribution < 1.29 is 14.6 Å². The number of hydrogen-bond acceptors (Lipinski definition) is 4. The Hall–Kier alpha value is -1.07. The van der Waals surface area contributed by atoms with Gasteiger partial charge in [-0.25, -0.2) is 4.79 Å². The summed E-state index contributed by atoms with van der Waals surface area (Å²) in [6.07, 6.45) is 0. The van der Waals surface area contributed by atoms with Crippen LogP contribution in [0, 0.1) is 0 Å². The highest BCUT2D eigenvalue weighted by Gasteiger charge is 2.23. The first kappa shape index (κ1) is 14.0. The second-order valence-electron chi connectivity index (χ2n) is 4.72. The molecule has 1 aromatic carbocycles. The maximum atomic E-state index is 11.7. The summed E-state index contributed by atoms with van der Waals surface area (Å²) in [6.45, 7) is 5.35. The van der Waals surface area contributed by atoms with Gasteiger partial charge < -0.3 is 15.6 Å². The average molecular weight is 302 g/mol. The SMILES string of the molecule is CC(C)(C)OC(=O)C(N)c1ccc(O)c(Br)c1. The molecule has 0 spiro atoms. The van der Waals surface area contributed by atoms with Gasteiger partial charge in [-0.2, -0.15) is 0 Å². The lowest BCUT2D eigenvalue weighted by atomic mass is 10.1. The fourth-order valence-electron chi connectivity index (χ4n) is 1.22. The summed E-state index contributed by atoms with van der Waals surface area (Å²) in [6, 6.07) is 3.81. The molecule has 3 N–H and O–H groups in total. The van der Waals surface area contributed by atoms with Crippen LogP contribution < -0.4 is 5.73 Å². The van der Waals surface area contributed by atoms with E-state index < -0.39 is 17.6 Å². The van der Waals surface area contributed by atoms with Crippen molar-refractivity contribution in [1.29, 1.82) is 0 Å². The number of benzene rings is 1. The third-order valence-corrected chi connectivity index (χ3v) is 2.63. The number of phenolic OH excluding ortho intramolecular Hbond substituents is 1. The lowest BCUT2D eigenvalue weighted by Gasteiger charge is -2.22. The van der Waals surface area contributed by atoms with Crippen LogP contribution in [0.4, 0.5) is 0 Å². The monoisotopic (exact) mass is 301 g/mol. The van der Waals surface area contributed by atoms with Crippen LogP contribution in [-0.4, -0.2) is 16.7 Å². The Kier molecular flexibility index (Phi) is 4.16. The molecule has 1 rings (SSSR count). The molecule has 0 amide bonds. The Morgan fingerprint density at radius 2 is 2.06 bits per heavy atom. The van der Waals surface area contributed by atoms with E-state index in [1.807, 2.05) is 0 Å². The van der Waals surface area contributed by atoms with Crippen molar-refractivity contribution >= 4 is 21.9 Å². The average Bonchev–Trinajstić information content (AvgIpc) is 2.18. The summed E-state index contributed by atoms with van der Waals surface area (Å²) < 4.78 is 5.68. The quantitative estimate of drug-likeness (QED) is 0.823. The minimum atomic E-state index is -0.855. The largest absolute Gasteiger partial charge is 0.507 e. The molecule has 0 aliphatic rings. The molecule has 0 saturated carbocycles. The molecule has 0 saturated heterocycles. The number of ether oxygens (including phenoxy) is 1.